The van der Waals surface area contributed by atoms with Crippen LogP contribution < -0.4 is 4.74 Å². The molecule has 0 aliphatic heterocycles. The van der Waals surface area contributed by atoms with Crippen molar-refractivity contribution >= 4 is 11.9 Å². The lowest BCUT2D eigenvalue weighted by Crippen LogP contribution is -2.31. The zero-order valence-corrected chi connectivity index (χ0v) is 21.8. The van der Waals surface area contributed by atoms with Gasteiger partial charge in [0.25, 0.3) is 0 Å². The zero-order valence-electron chi connectivity index (χ0n) is 21.8. The third kappa shape index (κ3) is 5.10. The second-order valence-electron chi connectivity index (χ2n) is 9.33. The molecule has 0 aromatic heterocycles. The highest BCUT2D eigenvalue weighted by Crippen LogP contribution is 2.45. The number of aryl methyl sites for hydroxylation is 1. The summed E-state index contributed by atoms with van der Waals surface area (Å²) >= 11 is 0. The van der Waals surface area contributed by atoms with Crippen LogP contribution in [0.15, 0.2) is 133 Å². The molecule has 0 spiro atoms. The van der Waals surface area contributed by atoms with Gasteiger partial charge in [0.2, 0.25) is 0 Å². The Morgan fingerprint density at radius 2 is 1.00 bits per heavy atom. The quantitative estimate of drug-likeness (QED) is 0.130. The van der Waals surface area contributed by atoms with Gasteiger partial charge in [0.1, 0.15) is 5.75 Å². The summed E-state index contributed by atoms with van der Waals surface area (Å²) in [6.07, 6.45) is 0. The van der Waals surface area contributed by atoms with Crippen LogP contribution in [0.1, 0.15) is 48.5 Å². The second-order valence-corrected chi connectivity index (χ2v) is 9.33. The van der Waals surface area contributed by atoms with Gasteiger partial charge in [-0.15, -0.1) is 0 Å². The summed E-state index contributed by atoms with van der Waals surface area (Å²) in [4.78, 5) is 24.8. The fourth-order valence-corrected chi connectivity index (χ4v) is 5.01. The van der Waals surface area contributed by atoms with E-state index in [4.69, 9.17) is 9.47 Å². The average molecular weight is 513 g/mol. The molecule has 0 heterocycles. The van der Waals surface area contributed by atoms with Crippen LogP contribution >= 0.6 is 0 Å². The zero-order chi connectivity index (χ0) is 27.2. The molecule has 0 fully saturated rings. The number of hydrogen-bond donors (Lipinski definition) is 0. The maximum atomic E-state index is 12.9. The Kier molecular flexibility index (Phi) is 7.37. The Hall–Kier alpha value is -4.96. The second kappa shape index (κ2) is 11.2. The fraction of sp³-hybridized carbons (Fsp3) is 0.0857. The first kappa shape index (κ1) is 25.7. The number of rotatable bonds is 7. The third-order valence-electron chi connectivity index (χ3n) is 6.92. The standard InChI is InChI=1S/C35H28O4/c1-25-16-18-30(19-17-25)35(28-12-5-3-6-13-28,29-14-7-4-8-15-29)31-20-22-32(23-21-31)39-34(37)27-11-9-10-26(24-27)33(36)38-2/h3-24H,1-2H3. The van der Waals surface area contributed by atoms with Crippen molar-refractivity contribution in [3.63, 3.8) is 0 Å². The van der Waals surface area contributed by atoms with E-state index in [0.29, 0.717) is 5.75 Å². The first-order valence-corrected chi connectivity index (χ1v) is 12.7. The summed E-state index contributed by atoms with van der Waals surface area (Å²) in [5.74, 6) is -0.654. The number of carbonyl (C=O) groups is 2. The van der Waals surface area contributed by atoms with Crippen molar-refractivity contribution in [3.8, 4) is 5.75 Å². The van der Waals surface area contributed by atoms with Gasteiger partial charge in [-0.3, -0.25) is 0 Å². The van der Waals surface area contributed by atoms with Gasteiger partial charge in [-0.05, 0) is 59.5 Å². The van der Waals surface area contributed by atoms with Gasteiger partial charge in [0.05, 0.1) is 23.7 Å². The predicted octanol–water partition coefficient (Wildman–Crippen LogP) is 7.38. The minimum atomic E-state index is -0.590. The van der Waals surface area contributed by atoms with Crippen molar-refractivity contribution in [1.29, 1.82) is 0 Å². The van der Waals surface area contributed by atoms with Crippen LogP contribution in [-0.4, -0.2) is 19.0 Å². The molecule has 0 N–H and O–H groups in total. The van der Waals surface area contributed by atoms with Gasteiger partial charge in [-0.2, -0.15) is 0 Å². The third-order valence-corrected chi connectivity index (χ3v) is 6.92. The largest absolute Gasteiger partial charge is 0.465 e. The molecular weight excluding hydrogens is 484 g/mol. The molecule has 39 heavy (non-hydrogen) atoms. The Morgan fingerprint density at radius 3 is 1.51 bits per heavy atom. The smallest absolute Gasteiger partial charge is 0.343 e. The Labute approximate surface area is 228 Å². The van der Waals surface area contributed by atoms with Crippen LogP contribution in [0.2, 0.25) is 0 Å². The Balaban J connectivity index is 1.57. The number of methoxy groups -OCH3 is 1. The van der Waals surface area contributed by atoms with Gasteiger partial charge < -0.3 is 9.47 Å². The summed E-state index contributed by atoms with van der Waals surface area (Å²) in [6.45, 7) is 2.08. The lowest BCUT2D eigenvalue weighted by molar-refractivity contribution is 0.0600. The molecule has 0 radical (unpaired) electrons. The first-order valence-electron chi connectivity index (χ1n) is 12.7. The monoisotopic (exact) mass is 512 g/mol. The van der Waals surface area contributed by atoms with Crippen molar-refractivity contribution in [2.24, 2.45) is 0 Å². The number of benzene rings is 5. The van der Waals surface area contributed by atoms with Crippen molar-refractivity contribution in [2.75, 3.05) is 7.11 Å². The Morgan fingerprint density at radius 1 is 0.538 bits per heavy atom. The highest BCUT2D eigenvalue weighted by molar-refractivity contribution is 5.96. The molecule has 0 amide bonds. The molecule has 0 bridgehead atoms. The van der Waals surface area contributed by atoms with E-state index in [0.717, 1.165) is 22.3 Å². The van der Waals surface area contributed by atoms with Crippen LogP contribution in [0.5, 0.6) is 5.75 Å². The van der Waals surface area contributed by atoms with E-state index in [1.165, 1.54) is 18.7 Å². The maximum Gasteiger partial charge on any atom is 0.343 e. The van der Waals surface area contributed by atoms with Crippen molar-refractivity contribution in [2.45, 2.75) is 12.3 Å². The minimum Gasteiger partial charge on any atom is -0.465 e. The number of esters is 2. The van der Waals surface area contributed by atoms with E-state index in [-0.39, 0.29) is 11.1 Å². The van der Waals surface area contributed by atoms with Crippen LogP contribution in [0.3, 0.4) is 0 Å². The molecule has 5 rings (SSSR count). The molecule has 5 aromatic rings. The summed E-state index contributed by atoms with van der Waals surface area (Å²) in [5, 5.41) is 0. The lowest BCUT2D eigenvalue weighted by Gasteiger charge is -2.37. The predicted molar refractivity (Wildman–Crippen MR) is 152 cm³/mol. The molecule has 0 aliphatic carbocycles. The fourth-order valence-electron chi connectivity index (χ4n) is 5.01. The molecule has 0 atom stereocenters. The van der Waals surface area contributed by atoms with Gasteiger partial charge in [-0.25, -0.2) is 9.59 Å². The SMILES string of the molecule is COC(=O)c1cccc(C(=O)Oc2ccc(C(c3ccccc3)(c3ccccc3)c3ccc(C)cc3)cc2)c1. The molecule has 4 heteroatoms. The van der Waals surface area contributed by atoms with Crippen LogP contribution in [-0.2, 0) is 10.2 Å². The minimum absolute atomic E-state index is 0.268. The van der Waals surface area contributed by atoms with E-state index < -0.39 is 17.4 Å². The molecule has 0 saturated heterocycles. The molecule has 192 valence electrons. The van der Waals surface area contributed by atoms with E-state index in [2.05, 4.69) is 79.7 Å². The Bertz CT molecular complexity index is 1530. The summed E-state index contributed by atoms with van der Waals surface area (Å²) < 4.78 is 10.4. The van der Waals surface area contributed by atoms with E-state index in [9.17, 15) is 9.59 Å². The van der Waals surface area contributed by atoms with Crippen LogP contribution in [0.4, 0.5) is 0 Å². The summed E-state index contributed by atoms with van der Waals surface area (Å²) in [5.41, 5.74) is 5.58. The van der Waals surface area contributed by atoms with Crippen molar-refractivity contribution in [3.05, 3.63) is 172 Å². The van der Waals surface area contributed by atoms with E-state index >= 15 is 0 Å². The van der Waals surface area contributed by atoms with Crippen molar-refractivity contribution < 1.29 is 19.1 Å². The molecular formula is C35H28O4. The molecule has 4 nitrogen and oxygen atoms in total. The van der Waals surface area contributed by atoms with E-state index in [1.807, 2.05) is 36.4 Å². The topological polar surface area (TPSA) is 52.6 Å². The van der Waals surface area contributed by atoms with Gasteiger partial charge in [0, 0.05) is 0 Å². The first-order chi connectivity index (χ1) is 19.0. The van der Waals surface area contributed by atoms with Crippen molar-refractivity contribution in [1.82, 2.24) is 0 Å². The maximum absolute atomic E-state index is 12.9. The van der Waals surface area contributed by atoms with E-state index in [1.54, 1.807) is 18.2 Å². The van der Waals surface area contributed by atoms with Gasteiger partial charge in [-0.1, -0.05) is 109 Å². The molecule has 0 unspecified atom stereocenters. The normalized spacial score (nSPS) is 11.0. The highest BCUT2D eigenvalue weighted by atomic mass is 16.5. The number of carbonyl (C=O) groups excluding carboxylic acids is 2. The van der Waals surface area contributed by atoms with Crippen LogP contribution in [0.25, 0.3) is 0 Å². The summed E-state index contributed by atoms with van der Waals surface area (Å²) in [6, 6.07) is 43.4. The lowest BCUT2D eigenvalue weighted by atomic mass is 9.65. The van der Waals surface area contributed by atoms with Crippen LogP contribution in [0, 0.1) is 6.92 Å². The molecule has 0 saturated carbocycles. The average Bonchev–Trinajstić information content (AvgIpc) is 3.00. The van der Waals surface area contributed by atoms with Gasteiger partial charge in [0.15, 0.2) is 0 Å². The number of hydrogen-bond acceptors (Lipinski definition) is 4. The highest BCUT2D eigenvalue weighted by Gasteiger charge is 2.38. The molecule has 5 aromatic carbocycles. The number of ether oxygens (including phenoxy) is 2. The van der Waals surface area contributed by atoms with Gasteiger partial charge >= 0.3 is 11.9 Å². The molecule has 0 aliphatic rings. The summed E-state index contributed by atoms with van der Waals surface area (Å²) in [7, 11) is 1.30.